The fourth-order valence-corrected chi connectivity index (χ4v) is 4.89. The Morgan fingerprint density at radius 3 is 1.28 bits per heavy atom. The number of phenols is 4. The van der Waals surface area contributed by atoms with Crippen LogP contribution in [-0.2, 0) is 5.41 Å². The van der Waals surface area contributed by atoms with E-state index >= 15 is 0 Å². The minimum Gasteiger partial charge on any atom is -0.507 e. The number of hydrogen-bond acceptors (Lipinski definition) is 4. The van der Waals surface area contributed by atoms with E-state index in [1.165, 1.54) is 0 Å². The third-order valence-corrected chi connectivity index (χ3v) is 6.84. The van der Waals surface area contributed by atoms with Gasteiger partial charge < -0.3 is 20.4 Å². The fraction of sp³-hybridized carbons (Fsp3) is 0.0625. The molecule has 5 rings (SSSR count). The van der Waals surface area contributed by atoms with Gasteiger partial charge in [-0.05, 0) is 65.6 Å². The molecule has 4 nitrogen and oxygen atoms in total. The van der Waals surface area contributed by atoms with Crippen molar-refractivity contribution in [3.05, 3.63) is 132 Å². The molecule has 0 spiro atoms. The van der Waals surface area contributed by atoms with Gasteiger partial charge in [-0.15, -0.1) is 0 Å². The minimum atomic E-state index is -1.04. The van der Waals surface area contributed by atoms with E-state index in [-0.39, 0.29) is 23.0 Å². The Bertz CT molecular complexity index is 1420. The Morgan fingerprint density at radius 2 is 0.861 bits per heavy atom. The van der Waals surface area contributed by atoms with Crippen LogP contribution in [0.1, 0.15) is 23.6 Å². The largest absolute Gasteiger partial charge is 0.507 e. The van der Waals surface area contributed by atoms with Gasteiger partial charge in [-0.2, -0.15) is 0 Å². The normalized spacial score (nSPS) is 11.4. The van der Waals surface area contributed by atoms with Crippen molar-refractivity contribution < 1.29 is 20.4 Å². The van der Waals surface area contributed by atoms with Crippen LogP contribution in [0.25, 0.3) is 22.3 Å². The first-order chi connectivity index (χ1) is 17.4. The molecule has 4 heteroatoms. The third-order valence-electron chi connectivity index (χ3n) is 6.84. The van der Waals surface area contributed by atoms with E-state index in [2.05, 4.69) is 0 Å². The number of rotatable bonds is 5. The van der Waals surface area contributed by atoms with E-state index in [1.54, 1.807) is 42.5 Å². The summed E-state index contributed by atoms with van der Waals surface area (Å²) < 4.78 is 0. The summed E-state index contributed by atoms with van der Waals surface area (Å²) in [5, 5.41) is 43.3. The van der Waals surface area contributed by atoms with Gasteiger partial charge in [0.25, 0.3) is 0 Å². The summed E-state index contributed by atoms with van der Waals surface area (Å²) in [6.07, 6.45) is 0. The first kappa shape index (κ1) is 23.1. The highest BCUT2D eigenvalue weighted by Crippen LogP contribution is 2.49. The van der Waals surface area contributed by atoms with E-state index in [0.717, 1.165) is 22.3 Å². The van der Waals surface area contributed by atoms with Crippen LogP contribution >= 0.6 is 0 Å². The maximum atomic E-state index is 11.0. The van der Waals surface area contributed by atoms with Gasteiger partial charge in [0.1, 0.15) is 23.0 Å². The summed E-state index contributed by atoms with van der Waals surface area (Å²) in [5.41, 5.74) is 3.75. The lowest BCUT2D eigenvalue weighted by Crippen LogP contribution is -2.26. The van der Waals surface area contributed by atoms with Gasteiger partial charge in [0.2, 0.25) is 0 Å². The molecule has 5 aromatic carbocycles. The monoisotopic (exact) mass is 474 g/mol. The smallest absolute Gasteiger partial charge is 0.123 e. The molecule has 0 aromatic heterocycles. The average Bonchev–Trinajstić information content (AvgIpc) is 2.90. The van der Waals surface area contributed by atoms with Crippen molar-refractivity contribution in [2.75, 3.05) is 0 Å². The van der Waals surface area contributed by atoms with Gasteiger partial charge in [-0.25, -0.2) is 0 Å². The standard InChI is InChI=1S/C32H26O4/c1-32(31-29(35)13-8-14-30(31)36,23-15-17-27(33)25(19-23)21-9-4-2-5-10-21)24-16-18-28(34)26(20-24)22-11-6-3-7-12-22/h2-20,33-36H,1H3. The van der Waals surface area contributed by atoms with Crippen molar-refractivity contribution in [3.8, 4) is 45.3 Å². The van der Waals surface area contributed by atoms with Crippen molar-refractivity contribution in [2.24, 2.45) is 0 Å². The molecule has 36 heavy (non-hydrogen) atoms. The lowest BCUT2D eigenvalue weighted by molar-refractivity contribution is 0.423. The average molecular weight is 475 g/mol. The molecule has 5 aromatic rings. The van der Waals surface area contributed by atoms with E-state index in [9.17, 15) is 20.4 Å². The van der Waals surface area contributed by atoms with Crippen LogP contribution in [0.3, 0.4) is 0 Å². The van der Waals surface area contributed by atoms with Gasteiger partial charge in [-0.3, -0.25) is 0 Å². The maximum absolute atomic E-state index is 11.0. The number of benzene rings is 5. The Labute approximate surface area is 210 Å². The van der Waals surface area contributed by atoms with Gasteiger partial charge in [-0.1, -0.05) is 78.9 Å². The van der Waals surface area contributed by atoms with E-state index in [4.69, 9.17) is 0 Å². The molecular formula is C32H26O4. The molecule has 178 valence electrons. The molecule has 4 N–H and O–H groups in total. The Hall–Kier alpha value is -4.70. The van der Waals surface area contributed by atoms with Gasteiger partial charge in [0.05, 0.1) is 5.56 Å². The van der Waals surface area contributed by atoms with Crippen LogP contribution in [0.2, 0.25) is 0 Å². The van der Waals surface area contributed by atoms with Crippen LogP contribution in [0.15, 0.2) is 115 Å². The zero-order valence-corrected chi connectivity index (χ0v) is 19.8. The van der Waals surface area contributed by atoms with Gasteiger partial charge in [0.15, 0.2) is 0 Å². The summed E-state index contributed by atoms with van der Waals surface area (Å²) >= 11 is 0. The lowest BCUT2D eigenvalue weighted by atomic mass is 9.69. The Morgan fingerprint density at radius 1 is 0.444 bits per heavy atom. The van der Waals surface area contributed by atoms with Crippen LogP contribution in [0.5, 0.6) is 23.0 Å². The van der Waals surface area contributed by atoms with Crippen LogP contribution in [-0.4, -0.2) is 20.4 Å². The van der Waals surface area contributed by atoms with Gasteiger partial charge >= 0.3 is 0 Å². The third kappa shape index (κ3) is 3.93. The highest BCUT2D eigenvalue weighted by molar-refractivity contribution is 5.75. The van der Waals surface area contributed by atoms with Crippen LogP contribution < -0.4 is 0 Å². The highest BCUT2D eigenvalue weighted by atomic mass is 16.3. The Kier molecular flexibility index (Phi) is 5.87. The zero-order valence-electron chi connectivity index (χ0n) is 19.8. The van der Waals surface area contributed by atoms with Crippen molar-refractivity contribution in [2.45, 2.75) is 12.3 Å². The summed E-state index contributed by atoms with van der Waals surface area (Å²) in [5.74, 6) is 0.149. The predicted octanol–water partition coefficient (Wildman–Crippen LogP) is 7.20. The summed E-state index contributed by atoms with van der Waals surface area (Å²) in [6, 6.07) is 34.4. The molecular weight excluding hydrogens is 448 g/mol. The molecule has 0 unspecified atom stereocenters. The molecule has 0 amide bonds. The fourth-order valence-electron chi connectivity index (χ4n) is 4.89. The molecule has 0 saturated heterocycles. The van der Waals surface area contributed by atoms with E-state index < -0.39 is 5.41 Å². The van der Waals surface area contributed by atoms with Crippen molar-refractivity contribution in [1.29, 1.82) is 0 Å². The maximum Gasteiger partial charge on any atom is 0.123 e. The van der Waals surface area contributed by atoms with Gasteiger partial charge in [0, 0.05) is 16.5 Å². The summed E-state index contributed by atoms with van der Waals surface area (Å²) in [4.78, 5) is 0. The van der Waals surface area contributed by atoms with Crippen molar-refractivity contribution in [3.63, 3.8) is 0 Å². The van der Waals surface area contributed by atoms with Crippen LogP contribution in [0.4, 0.5) is 0 Å². The van der Waals surface area contributed by atoms with Crippen molar-refractivity contribution >= 4 is 0 Å². The molecule has 0 fully saturated rings. The molecule has 0 saturated carbocycles. The highest BCUT2D eigenvalue weighted by Gasteiger charge is 2.37. The number of phenolic OH excluding ortho intramolecular Hbond substituents is 4. The first-order valence-electron chi connectivity index (χ1n) is 11.7. The molecule has 0 aliphatic carbocycles. The molecule has 0 aliphatic rings. The molecule has 0 heterocycles. The lowest BCUT2D eigenvalue weighted by Gasteiger charge is -2.34. The Balaban J connectivity index is 1.80. The van der Waals surface area contributed by atoms with E-state index in [0.29, 0.717) is 16.7 Å². The molecule has 0 bridgehead atoms. The number of hydrogen-bond donors (Lipinski definition) is 4. The zero-order chi connectivity index (χ0) is 25.3. The topological polar surface area (TPSA) is 80.9 Å². The quantitative estimate of drug-likeness (QED) is 0.203. The first-order valence-corrected chi connectivity index (χ1v) is 11.7. The molecule has 0 aliphatic heterocycles. The summed E-state index contributed by atoms with van der Waals surface area (Å²) in [7, 11) is 0. The predicted molar refractivity (Wildman–Crippen MR) is 142 cm³/mol. The minimum absolute atomic E-state index is 0.0545. The molecule has 0 atom stereocenters. The summed E-state index contributed by atoms with van der Waals surface area (Å²) in [6.45, 7) is 1.92. The SMILES string of the molecule is CC(c1ccc(O)c(-c2ccccc2)c1)(c1ccc(O)c(-c2ccccc2)c1)c1c(O)cccc1O. The second-order valence-electron chi connectivity index (χ2n) is 8.99. The second kappa shape index (κ2) is 9.16. The number of aromatic hydroxyl groups is 4. The second-order valence-corrected chi connectivity index (χ2v) is 8.99. The van der Waals surface area contributed by atoms with Crippen molar-refractivity contribution in [1.82, 2.24) is 0 Å². The molecule has 0 radical (unpaired) electrons. The van der Waals surface area contributed by atoms with Crippen LogP contribution in [0, 0.1) is 0 Å². The van der Waals surface area contributed by atoms with E-state index in [1.807, 2.05) is 79.7 Å².